The van der Waals surface area contributed by atoms with Gasteiger partial charge in [-0.3, -0.25) is 9.78 Å². The fourth-order valence-corrected chi connectivity index (χ4v) is 2.69. The average Bonchev–Trinajstić information content (AvgIpc) is 2.85. The van der Waals surface area contributed by atoms with E-state index in [2.05, 4.69) is 21.1 Å². The normalized spacial score (nSPS) is 11.3. The predicted octanol–water partition coefficient (Wildman–Crippen LogP) is 2.48. The smallest absolute Gasteiger partial charge is 0.258 e. The lowest BCUT2D eigenvalue weighted by atomic mass is 10.0. The first-order chi connectivity index (χ1) is 10.2. The van der Waals surface area contributed by atoms with Gasteiger partial charge in [0.15, 0.2) is 0 Å². The van der Waals surface area contributed by atoms with Crippen LogP contribution in [0.3, 0.4) is 0 Å². The van der Waals surface area contributed by atoms with Crippen molar-refractivity contribution in [3.05, 3.63) is 59.5 Å². The summed E-state index contributed by atoms with van der Waals surface area (Å²) in [6.45, 7) is 0. The molecule has 0 atom stereocenters. The second-order valence-corrected chi connectivity index (χ2v) is 5.01. The number of H-pyrrole nitrogens is 1. The highest BCUT2D eigenvalue weighted by molar-refractivity contribution is 5.97. The molecule has 5 nitrogen and oxygen atoms in total. The van der Waals surface area contributed by atoms with Crippen LogP contribution in [0.4, 0.5) is 0 Å². The monoisotopic (exact) mass is 276 g/mol. The lowest BCUT2D eigenvalue weighted by molar-refractivity contribution is 0.966. The number of pyridine rings is 1. The van der Waals surface area contributed by atoms with Crippen molar-refractivity contribution >= 4 is 21.8 Å². The van der Waals surface area contributed by atoms with E-state index in [0.717, 1.165) is 22.0 Å². The first-order valence-electron chi connectivity index (χ1n) is 6.61. The number of hydrogen-bond acceptors (Lipinski definition) is 3. The second-order valence-electron chi connectivity index (χ2n) is 5.01. The maximum atomic E-state index is 11.9. The van der Waals surface area contributed by atoms with Gasteiger partial charge in [-0.25, -0.2) is 4.98 Å². The van der Waals surface area contributed by atoms with Crippen LogP contribution in [-0.4, -0.2) is 19.5 Å². The van der Waals surface area contributed by atoms with Crippen LogP contribution in [-0.2, 0) is 7.05 Å². The fourth-order valence-electron chi connectivity index (χ4n) is 2.69. The van der Waals surface area contributed by atoms with Crippen LogP contribution in [0.15, 0.2) is 54.0 Å². The highest BCUT2D eigenvalue weighted by Gasteiger charge is 2.10. The molecule has 5 heteroatoms. The molecule has 0 spiro atoms. The molecule has 0 fully saturated rings. The largest absolute Gasteiger partial charge is 0.349 e. The lowest BCUT2D eigenvalue weighted by Gasteiger charge is -2.01. The number of fused-ring (bicyclic) bond motifs is 2. The highest BCUT2D eigenvalue weighted by Crippen LogP contribution is 2.30. The van der Waals surface area contributed by atoms with Crippen LogP contribution in [0.25, 0.3) is 32.9 Å². The van der Waals surface area contributed by atoms with E-state index < -0.39 is 0 Å². The number of hydrogen-bond donors (Lipinski definition) is 1. The van der Waals surface area contributed by atoms with Crippen molar-refractivity contribution in [3.63, 3.8) is 0 Å². The van der Waals surface area contributed by atoms with Crippen LogP contribution in [0.5, 0.6) is 0 Å². The third kappa shape index (κ3) is 1.74. The molecule has 4 aromatic rings. The van der Waals surface area contributed by atoms with E-state index in [1.165, 1.54) is 6.33 Å². The van der Waals surface area contributed by atoms with Crippen molar-refractivity contribution in [2.75, 3.05) is 0 Å². The molecule has 0 aliphatic rings. The predicted molar refractivity (Wildman–Crippen MR) is 82.1 cm³/mol. The first kappa shape index (κ1) is 11.8. The number of aromatic amines is 1. The number of aromatic nitrogens is 4. The second kappa shape index (κ2) is 4.28. The lowest BCUT2D eigenvalue weighted by Crippen LogP contribution is -2.05. The van der Waals surface area contributed by atoms with E-state index in [-0.39, 0.29) is 5.56 Å². The van der Waals surface area contributed by atoms with Gasteiger partial charge in [0.25, 0.3) is 5.56 Å². The van der Waals surface area contributed by atoms with Crippen LogP contribution in [0, 0.1) is 0 Å². The third-order valence-corrected chi connectivity index (χ3v) is 3.74. The van der Waals surface area contributed by atoms with Gasteiger partial charge in [-0.2, -0.15) is 0 Å². The summed E-state index contributed by atoms with van der Waals surface area (Å²) >= 11 is 0. The molecule has 0 amide bonds. The van der Waals surface area contributed by atoms with E-state index in [4.69, 9.17) is 0 Å². The molecule has 0 aliphatic carbocycles. The maximum absolute atomic E-state index is 11.9. The molecule has 0 saturated heterocycles. The maximum Gasteiger partial charge on any atom is 0.258 e. The Kier molecular flexibility index (Phi) is 2.41. The van der Waals surface area contributed by atoms with Gasteiger partial charge in [-0.15, -0.1) is 0 Å². The topological polar surface area (TPSA) is 63.6 Å². The summed E-state index contributed by atoms with van der Waals surface area (Å²) in [6, 6.07) is 7.74. The molecule has 0 bridgehead atoms. The van der Waals surface area contributed by atoms with Crippen molar-refractivity contribution in [2.24, 2.45) is 7.05 Å². The molecule has 1 N–H and O–H groups in total. The van der Waals surface area contributed by atoms with E-state index in [1.54, 1.807) is 6.20 Å². The Morgan fingerprint density at radius 3 is 3.00 bits per heavy atom. The molecule has 0 saturated carbocycles. The van der Waals surface area contributed by atoms with Gasteiger partial charge in [0.2, 0.25) is 0 Å². The van der Waals surface area contributed by atoms with Crippen molar-refractivity contribution in [3.8, 4) is 11.1 Å². The fraction of sp³-hybridized carbons (Fsp3) is 0.0625. The molecule has 102 valence electrons. The zero-order valence-electron chi connectivity index (χ0n) is 11.4. The zero-order chi connectivity index (χ0) is 14.4. The number of rotatable bonds is 1. The quantitative estimate of drug-likeness (QED) is 0.581. The van der Waals surface area contributed by atoms with Crippen LogP contribution >= 0.6 is 0 Å². The molecule has 3 heterocycles. The SMILES string of the molecule is Cn1cc(-c2ccc3nc[nH]c(=O)c3c2)c2ccncc21. The van der Waals surface area contributed by atoms with Gasteiger partial charge in [0.1, 0.15) is 0 Å². The standard InChI is InChI=1S/C16H12N4O/c1-20-8-13(11-4-5-17-7-15(11)20)10-2-3-14-12(6-10)16(21)19-9-18-14/h2-9H,1H3,(H,18,19,21). The van der Waals surface area contributed by atoms with Gasteiger partial charge < -0.3 is 9.55 Å². The summed E-state index contributed by atoms with van der Waals surface area (Å²) in [7, 11) is 1.99. The van der Waals surface area contributed by atoms with Crippen molar-refractivity contribution in [1.29, 1.82) is 0 Å². The Bertz CT molecular complexity index is 1030. The molecule has 0 aliphatic heterocycles. The number of nitrogens with one attached hydrogen (secondary N) is 1. The Hall–Kier alpha value is -2.95. The van der Waals surface area contributed by atoms with Crippen molar-refractivity contribution in [2.45, 2.75) is 0 Å². The van der Waals surface area contributed by atoms with E-state index in [1.807, 2.05) is 42.1 Å². The summed E-state index contributed by atoms with van der Waals surface area (Å²) in [5.41, 5.74) is 3.72. The Morgan fingerprint density at radius 2 is 2.10 bits per heavy atom. The Morgan fingerprint density at radius 1 is 1.19 bits per heavy atom. The van der Waals surface area contributed by atoms with Crippen molar-refractivity contribution < 1.29 is 0 Å². The molecule has 21 heavy (non-hydrogen) atoms. The van der Waals surface area contributed by atoms with Crippen LogP contribution in [0.1, 0.15) is 0 Å². The third-order valence-electron chi connectivity index (χ3n) is 3.74. The van der Waals surface area contributed by atoms with E-state index in [0.29, 0.717) is 10.9 Å². The summed E-state index contributed by atoms with van der Waals surface area (Å²) in [5, 5.41) is 1.72. The first-order valence-corrected chi connectivity index (χ1v) is 6.61. The number of aryl methyl sites for hydroxylation is 1. The molecule has 1 aromatic carbocycles. The molecule has 3 aromatic heterocycles. The summed E-state index contributed by atoms with van der Waals surface area (Å²) < 4.78 is 2.04. The van der Waals surface area contributed by atoms with E-state index in [9.17, 15) is 4.79 Å². The van der Waals surface area contributed by atoms with Crippen molar-refractivity contribution in [1.82, 2.24) is 19.5 Å². The zero-order valence-corrected chi connectivity index (χ0v) is 11.4. The minimum atomic E-state index is -0.122. The van der Waals surface area contributed by atoms with Gasteiger partial charge in [0, 0.05) is 30.4 Å². The highest BCUT2D eigenvalue weighted by atomic mass is 16.1. The van der Waals surface area contributed by atoms with Gasteiger partial charge in [-0.05, 0) is 23.8 Å². The Balaban J connectivity index is 2.05. The van der Waals surface area contributed by atoms with E-state index >= 15 is 0 Å². The average molecular weight is 276 g/mol. The van der Waals surface area contributed by atoms with Gasteiger partial charge >= 0.3 is 0 Å². The van der Waals surface area contributed by atoms with Crippen LogP contribution < -0.4 is 5.56 Å². The minimum absolute atomic E-state index is 0.122. The van der Waals surface area contributed by atoms with Gasteiger partial charge in [0.05, 0.1) is 28.9 Å². The summed E-state index contributed by atoms with van der Waals surface area (Å²) in [4.78, 5) is 22.9. The molecular formula is C16H12N4O. The molecule has 0 radical (unpaired) electrons. The minimum Gasteiger partial charge on any atom is -0.349 e. The molecule has 0 unspecified atom stereocenters. The number of nitrogens with zero attached hydrogens (tertiary/aromatic N) is 3. The molecular weight excluding hydrogens is 264 g/mol. The van der Waals surface area contributed by atoms with Crippen LogP contribution in [0.2, 0.25) is 0 Å². The van der Waals surface area contributed by atoms with Gasteiger partial charge in [-0.1, -0.05) is 6.07 Å². The molecule has 4 rings (SSSR count). The Labute approximate surface area is 119 Å². The summed E-state index contributed by atoms with van der Waals surface area (Å²) in [5.74, 6) is 0. The summed E-state index contributed by atoms with van der Waals surface area (Å²) in [6.07, 6.45) is 7.10. The number of benzene rings is 1.